The van der Waals surface area contributed by atoms with Gasteiger partial charge in [-0.25, -0.2) is 0 Å². The molecule has 0 heterocycles. The number of nitrogens with zero attached hydrogens (tertiary/aromatic N) is 1. The van der Waals surface area contributed by atoms with Crippen LogP contribution in [0.3, 0.4) is 0 Å². The number of amides is 4. The fourth-order valence-corrected chi connectivity index (χ4v) is 4.24. The van der Waals surface area contributed by atoms with Gasteiger partial charge in [0, 0.05) is 68.8 Å². The molecule has 309 valence electrons. The van der Waals surface area contributed by atoms with Crippen LogP contribution in [0.15, 0.2) is 4.99 Å². The number of nitrogens with one attached hydrogen (secondary N) is 8. The molecule has 0 bridgehead atoms. The Morgan fingerprint density at radius 1 is 0.893 bits per heavy atom. The minimum Gasteiger partial charge on any atom is 0 e. The smallest absolute Gasteiger partial charge is 0 e. The Hall–Kier alpha value is -2.39. The number of carboxylic acids is 1. The summed E-state index contributed by atoms with van der Waals surface area (Å²) in [4.78, 5) is 87.7. The third-order valence-electron chi connectivity index (χ3n) is 7.13. The second-order valence-electron chi connectivity index (χ2n) is 12.9. The fourth-order valence-electron chi connectivity index (χ4n) is 4.24. The van der Waals surface area contributed by atoms with Crippen LogP contribution in [-0.2, 0) is 33.6 Å². The predicted molar refractivity (Wildman–Crippen MR) is 208 cm³/mol. The van der Waals surface area contributed by atoms with E-state index in [9.17, 15) is 38.7 Å². The quantitative estimate of drug-likeness (QED) is 0.0126. The van der Waals surface area contributed by atoms with Gasteiger partial charge in [0.15, 0.2) is 11.9 Å². The van der Waals surface area contributed by atoms with Crippen LogP contribution < -0.4 is 43.4 Å². The minimum absolute atomic E-state index is 0. The number of carbonyl (C=O) groups excluding carboxylic acids is 6. The van der Waals surface area contributed by atoms with Gasteiger partial charge in [-0.3, -0.25) is 19.4 Å². The summed E-state index contributed by atoms with van der Waals surface area (Å²) in [5.74, 6) is -4.88. The summed E-state index contributed by atoms with van der Waals surface area (Å²) in [5, 5.41) is 33.6. The molecule has 0 aliphatic rings. The van der Waals surface area contributed by atoms with Crippen molar-refractivity contribution in [1.29, 1.82) is 0 Å². The molecule has 0 saturated heterocycles. The molecule has 0 aromatic heterocycles. The summed E-state index contributed by atoms with van der Waals surface area (Å²) < 4.78 is 0. The molecule has 0 aliphatic heterocycles. The molecule has 0 aromatic rings. The summed E-state index contributed by atoms with van der Waals surface area (Å²) in [6.45, 7) is 10.1. The number of hydrogen-bond acceptors (Lipinski definition) is 11. The molecule has 6 atom stereocenters. The fraction of sp³-hybridized carbons (Fsp3) is 0.710. The average molecular weight is 1240 g/mol. The number of aliphatic hydroxyl groups excluding tert-OH is 1. The first-order valence-electron chi connectivity index (χ1n) is 17.4. The molecule has 0 aliphatic carbocycles. The van der Waals surface area contributed by atoms with Crippen molar-refractivity contribution < 1.29 is 106 Å². The number of aliphatic imine (C=N–C) groups is 1. The molecule has 56 heavy (non-hydrogen) atoms. The van der Waals surface area contributed by atoms with Crippen LogP contribution in [0.5, 0.6) is 0 Å². The molecule has 4 amide bonds. The Balaban J connectivity index is -0.000000898. The van der Waals surface area contributed by atoms with Crippen molar-refractivity contribution in [3.63, 3.8) is 0 Å². The number of guanidine groups is 1. The second-order valence-corrected chi connectivity index (χ2v) is 12.9. The van der Waals surface area contributed by atoms with Crippen LogP contribution in [0.25, 0.3) is 11.5 Å². The molecular formula is C31H57B3N11O9U2-2. The SMILES string of the molecule is C[C@@H](O)[C@@H](C=O)NC(=O)C[NH-].[B]=C(NC[B]C)NC[B]C(=O)C(CC(C)C)NC(=O)[C@@H](NC(=O)C(CC(=O)O)NC(=O)[C@@H]([NH-])CCCN=C(N)N)C(C)C.[U].[U]. The van der Waals surface area contributed by atoms with E-state index < -0.39 is 84.8 Å². The van der Waals surface area contributed by atoms with Gasteiger partial charge < -0.3 is 48.6 Å². The molecule has 25 heteroatoms. The number of aliphatic carboxylic acids is 1. The molecule has 20 nitrogen and oxygen atoms in total. The maximum absolute atomic E-state index is 13.3. The zero-order chi connectivity index (χ0) is 42.0. The van der Waals surface area contributed by atoms with Gasteiger partial charge in [-0.2, -0.15) is 0 Å². The largest absolute Gasteiger partial charge is 0 e. The van der Waals surface area contributed by atoms with Gasteiger partial charge in [0.25, 0.3) is 0 Å². The predicted octanol–water partition coefficient (Wildman–Crippen LogP) is -3.47. The number of rotatable bonds is 27. The molecule has 0 aromatic carbocycles. The number of aldehydes is 1. The number of carboxylic acid groups (broad SMARTS) is 1. The summed E-state index contributed by atoms with van der Waals surface area (Å²) in [6, 6.07) is -5.77. The number of carbonyl (C=O) groups is 7. The van der Waals surface area contributed by atoms with Crippen molar-refractivity contribution in [2.75, 3.05) is 26.0 Å². The van der Waals surface area contributed by atoms with Crippen molar-refractivity contribution in [2.24, 2.45) is 28.3 Å². The van der Waals surface area contributed by atoms with Gasteiger partial charge in [-0.15, -0.1) is 0 Å². The Bertz CT molecular complexity index is 1270. The molecule has 2 unspecified atom stereocenters. The van der Waals surface area contributed by atoms with E-state index in [1.807, 2.05) is 28.0 Å². The van der Waals surface area contributed by atoms with E-state index in [0.29, 0.717) is 31.3 Å². The maximum atomic E-state index is 13.3. The molecule has 0 saturated carbocycles. The van der Waals surface area contributed by atoms with E-state index in [4.69, 9.17) is 35.5 Å². The van der Waals surface area contributed by atoms with E-state index in [-0.39, 0.29) is 99.2 Å². The third-order valence-corrected chi connectivity index (χ3v) is 7.13. The summed E-state index contributed by atoms with van der Waals surface area (Å²) in [6.07, 6.45) is 0.133. The summed E-state index contributed by atoms with van der Waals surface area (Å²) in [5.41, 5.74) is 25.1. The van der Waals surface area contributed by atoms with Crippen molar-refractivity contribution in [3.8, 4) is 0 Å². The average Bonchev–Trinajstić information content (AvgIpc) is 3.08. The molecule has 0 spiro atoms. The van der Waals surface area contributed by atoms with Gasteiger partial charge in [0.05, 0.1) is 12.5 Å². The van der Waals surface area contributed by atoms with Crippen LogP contribution in [0.4, 0.5) is 0 Å². The third kappa shape index (κ3) is 29.8. The van der Waals surface area contributed by atoms with Crippen LogP contribution in [0.2, 0.25) is 6.82 Å². The van der Waals surface area contributed by atoms with E-state index in [0.717, 1.165) is 0 Å². The molecule has 0 rings (SSSR count). The first kappa shape index (κ1) is 60.3. The van der Waals surface area contributed by atoms with Crippen LogP contribution in [0.1, 0.15) is 60.3 Å². The van der Waals surface area contributed by atoms with E-state index in [1.165, 1.54) is 14.2 Å². The van der Waals surface area contributed by atoms with Crippen molar-refractivity contribution in [2.45, 2.75) is 103 Å². The second kappa shape index (κ2) is 34.6. The van der Waals surface area contributed by atoms with Gasteiger partial charge in [0.2, 0.25) is 5.91 Å². The van der Waals surface area contributed by atoms with Gasteiger partial charge >= 0.3 is 171 Å². The number of aliphatic hydroxyl groups is 1. The Labute approximate surface area is 379 Å². The van der Waals surface area contributed by atoms with E-state index >= 15 is 0 Å². The Kier molecular flexibility index (Phi) is 37.3. The van der Waals surface area contributed by atoms with Crippen LogP contribution in [0, 0.1) is 74.1 Å². The standard InChI is InChI=1S/C25H46B3N9O6.C6H11N2O3.2U/c1-13(2)9-16(20(40)28-12-34-24(26)33-11-27-5)35-23(43)19(14(3)4)37-22(42)17(10-18(38)39)36-21(41)15(29)7-6-8-32-25(30)31;1-4(10)5(3-9)8-6(11)2-7;;/h13-17,19,29,33-34H,6-12H2,1-5H3,(H,35,43)(H,36,41)(H,37,42)(H,38,39)(H4,30,31,32);3-5,7,10H,2H2,1H3,(H,8,11);;/q2*-1;;/t15-,16?,17?,19-;4-,5-;;/m01../s1. The zero-order valence-corrected chi connectivity index (χ0v) is 41.3. The van der Waals surface area contributed by atoms with Crippen molar-refractivity contribution in [1.82, 2.24) is 31.9 Å². The number of nitrogens with two attached hydrogens (primary N) is 2. The van der Waals surface area contributed by atoms with Crippen LogP contribution >= 0.6 is 0 Å². The molecule has 0 fully saturated rings. The minimum atomic E-state index is -1.54. The first-order chi connectivity index (χ1) is 25.2. The summed E-state index contributed by atoms with van der Waals surface area (Å²) in [7, 11) is 9.02. The Morgan fingerprint density at radius 2 is 1.46 bits per heavy atom. The van der Waals surface area contributed by atoms with E-state index in [2.05, 4.69) is 36.9 Å². The van der Waals surface area contributed by atoms with Gasteiger partial charge in [-0.05, 0) is 13.3 Å². The zero-order valence-electron chi connectivity index (χ0n) is 32.9. The molecular weight excluding hydrogens is 1180 g/mol. The van der Waals surface area contributed by atoms with E-state index in [1.54, 1.807) is 13.8 Å². The van der Waals surface area contributed by atoms with Gasteiger partial charge in [-0.1, -0.05) is 19.0 Å². The normalized spacial score (nSPS) is 13.3. The maximum Gasteiger partial charge on any atom is 0 e. The molecule has 14 N–H and O–H groups in total. The van der Waals surface area contributed by atoms with Gasteiger partial charge in [0.1, 0.15) is 12.3 Å². The summed E-state index contributed by atoms with van der Waals surface area (Å²) >= 11 is 0. The number of hydrogen-bond donors (Lipinski definition) is 10. The molecule has 3 radical (unpaired) electrons. The Morgan fingerprint density at radius 3 is 1.93 bits per heavy atom. The first-order valence-corrected chi connectivity index (χ1v) is 17.4. The van der Waals surface area contributed by atoms with Crippen molar-refractivity contribution >= 4 is 75.3 Å². The topological polar surface area (TPSA) is 344 Å². The van der Waals surface area contributed by atoms with Crippen molar-refractivity contribution in [3.05, 3.63) is 11.5 Å². The van der Waals surface area contributed by atoms with Crippen LogP contribution in [-0.4, -0.2) is 148 Å². The monoisotopic (exact) mass is 1240 g/mol.